The molecule has 1 unspecified atom stereocenters. The summed E-state index contributed by atoms with van der Waals surface area (Å²) in [5.41, 5.74) is 6.15. The number of pyridine rings is 1. The smallest absolute Gasteiger partial charge is 0.306 e. The summed E-state index contributed by atoms with van der Waals surface area (Å²) in [7, 11) is 0. The maximum Gasteiger partial charge on any atom is 0.306 e. The Labute approximate surface area is 153 Å². The first-order valence-electron chi connectivity index (χ1n) is 9.08. The lowest BCUT2D eigenvalue weighted by Gasteiger charge is -2.10. The molecule has 0 aliphatic carbocycles. The third-order valence-electron chi connectivity index (χ3n) is 4.80. The molecule has 2 aromatic heterocycles. The third-order valence-corrected chi connectivity index (χ3v) is 4.80. The van der Waals surface area contributed by atoms with Gasteiger partial charge >= 0.3 is 5.97 Å². The summed E-state index contributed by atoms with van der Waals surface area (Å²) in [6.07, 6.45) is 2.23. The third kappa shape index (κ3) is 3.47. The predicted molar refractivity (Wildman–Crippen MR) is 103 cm³/mol. The van der Waals surface area contributed by atoms with Gasteiger partial charge in [0, 0.05) is 17.8 Å². The number of carboxylic acids is 1. The highest BCUT2D eigenvalue weighted by atomic mass is 16.4. The first kappa shape index (κ1) is 18.1. The Balaban J connectivity index is 1.95. The van der Waals surface area contributed by atoms with E-state index in [9.17, 15) is 4.79 Å². The number of imidazole rings is 1. The largest absolute Gasteiger partial charge is 0.481 e. The SMILES string of the molecule is CCc1nc2c(C)cc(C)nc2n1-c1ccc(CCC(C)C(=O)O)cc1. The number of aliphatic carboxylic acids is 1. The molecule has 136 valence electrons. The van der Waals surface area contributed by atoms with Crippen LogP contribution in [0.4, 0.5) is 0 Å². The van der Waals surface area contributed by atoms with Gasteiger partial charge < -0.3 is 5.11 Å². The molecule has 1 N–H and O–H groups in total. The maximum absolute atomic E-state index is 11.0. The first-order valence-corrected chi connectivity index (χ1v) is 9.08. The van der Waals surface area contributed by atoms with Gasteiger partial charge in [-0.25, -0.2) is 9.97 Å². The molecule has 0 aliphatic rings. The summed E-state index contributed by atoms with van der Waals surface area (Å²) in [4.78, 5) is 20.5. The van der Waals surface area contributed by atoms with Crippen LogP contribution >= 0.6 is 0 Å². The molecule has 1 aromatic carbocycles. The minimum Gasteiger partial charge on any atom is -0.481 e. The van der Waals surface area contributed by atoms with E-state index in [1.165, 1.54) is 0 Å². The van der Waals surface area contributed by atoms with E-state index in [2.05, 4.69) is 48.7 Å². The molecule has 0 amide bonds. The zero-order chi connectivity index (χ0) is 18.8. The van der Waals surface area contributed by atoms with Crippen molar-refractivity contribution in [2.45, 2.75) is 47.0 Å². The van der Waals surface area contributed by atoms with Gasteiger partial charge in [-0.3, -0.25) is 9.36 Å². The van der Waals surface area contributed by atoms with Crippen LogP contribution in [0.2, 0.25) is 0 Å². The highest BCUT2D eigenvalue weighted by Crippen LogP contribution is 2.24. The summed E-state index contributed by atoms with van der Waals surface area (Å²) >= 11 is 0. The quantitative estimate of drug-likeness (QED) is 0.721. The molecule has 5 heteroatoms. The highest BCUT2D eigenvalue weighted by Gasteiger charge is 2.15. The Bertz CT molecular complexity index is 942. The van der Waals surface area contributed by atoms with Crippen LogP contribution in [0, 0.1) is 19.8 Å². The molecule has 26 heavy (non-hydrogen) atoms. The molecule has 0 saturated heterocycles. The second kappa shape index (κ2) is 7.28. The van der Waals surface area contributed by atoms with Crippen LogP contribution in [0.5, 0.6) is 0 Å². The average Bonchev–Trinajstić information content (AvgIpc) is 2.98. The van der Waals surface area contributed by atoms with E-state index >= 15 is 0 Å². The van der Waals surface area contributed by atoms with E-state index in [-0.39, 0.29) is 5.92 Å². The number of carboxylic acid groups (broad SMARTS) is 1. The minimum atomic E-state index is -0.740. The fourth-order valence-electron chi connectivity index (χ4n) is 3.23. The minimum absolute atomic E-state index is 0.325. The van der Waals surface area contributed by atoms with Gasteiger partial charge in [0.05, 0.1) is 5.92 Å². The zero-order valence-electron chi connectivity index (χ0n) is 15.8. The van der Waals surface area contributed by atoms with E-state index in [1.807, 2.05) is 6.92 Å². The van der Waals surface area contributed by atoms with Gasteiger partial charge in [-0.15, -0.1) is 0 Å². The molecule has 3 aromatic rings. The number of rotatable bonds is 6. The summed E-state index contributed by atoms with van der Waals surface area (Å²) < 4.78 is 2.12. The lowest BCUT2D eigenvalue weighted by Crippen LogP contribution is -2.10. The summed E-state index contributed by atoms with van der Waals surface area (Å²) in [6.45, 7) is 7.92. The van der Waals surface area contributed by atoms with Crippen molar-refractivity contribution >= 4 is 17.1 Å². The van der Waals surface area contributed by atoms with Crippen molar-refractivity contribution in [1.82, 2.24) is 14.5 Å². The van der Waals surface area contributed by atoms with Crippen molar-refractivity contribution < 1.29 is 9.90 Å². The normalized spacial score (nSPS) is 12.5. The van der Waals surface area contributed by atoms with Crippen molar-refractivity contribution in [2.24, 2.45) is 5.92 Å². The lowest BCUT2D eigenvalue weighted by molar-refractivity contribution is -0.141. The molecule has 0 bridgehead atoms. The van der Waals surface area contributed by atoms with Gasteiger partial charge in [0.2, 0.25) is 0 Å². The van der Waals surface area contributed by atoms with Crippen molar-refractivity contribution in [1.29, 1.82) is 0 Å². The molecule has 2 heterocycles. The maximum atomic E-state index is 11.0. The van der Waals surface area contributed by atoms with E-state index in [0.29, 0.717) is 6.42 Å². The molecule has 0 aliphatic heterocycles. The number of fused-ring (bicyclic) bond motifs is 1. The lowest BCUT2D eigenvalue weighted by atomic mass is 10.0. The van der Waals surface area contributed by atoms with Crippen molar-refractivity contribution in [2.75, 3.05) is 0 Å². The Morgan fingerprint density at radius 2 is 1.88 bits per heavy atom. The first-order chi connectivity index (χ1) is 12.4. The number of hydrogen-bond acceptors (Lipinski definition) is 3. The molecular formula is C21H25N3O2. The van der Waals surface area contributed by atoms with Gasteiger partial charge in [-0.05, 0) is 56.0 Å². The van der Waals surface area contributed by atoms with Crippen LogP contribution in [0.25, 0.3) is 16.9 Å². The topological polar surface area (TPSA) is 68.0 Å². The second-order valence-electron chi connectivity index (χ2n) is 6.91. The van der Waals surface area contributed by atoms with Gasteiger partial charge in [0.15, 0.2) is 5.65 Å². The molecule has 0 spiro atoms. The summed E-state index contributed by atoms with van der Waals surface area (Å²) in [5, 5.41) is 9.01. The molecular weight excluding hydrogens is 326 g/mol. The van der Waals surface area contributed by atoms with Gasteiger partial charge in [0.1, 0.15) is 11.3 Å². The summed E-state index contributed by atoms with van der Waals surface area (Å²) in [5.74, 6) is -0.0709. The van der Waals surface area contributed by atoms with Crippen LogP contribution in [0.15, 0.2) is 30.3 Å². The fraction of sp³-hybridized carbons (Fsp3) is 0.381. The van der Waals surface area contributed by atoms with Crippen molar-refractivity contribution in [3.63, 3.8) is 0 Å². The monoisotopic (exact) mass is 351 g/mol. The van der Waals surface area contributed by atoms with Crippen molar-refractivity contribution in [3.8, 4) is 5.69 Å². The predicted octanol–water partition coefficient (Wildman–Crippen LogP) is 4.25. The standard InChI is InChI=1S/C21H25N3O2/c1-5-18-23-19-14(3)12-15(4)22-20(19)24(18)17-10-8-16(9-11-17)7-6-13(2)21(25)26/h8-13H,5-7H2,1-4H3,(H,25,26). The number of hydrogen-bond donors (Lipinski definition) is 1. The van der Waals surface area contributed by atoms with Crippen LogP contribution in [0.3, 0.4) is 0 Å². The second-order valence-corrected chi connectivity index (χ2v) is 6.91. The number of aromatic nitrogens is 3. The zero-order valence-corrected chi connectivity index (χ0v) is 15.8. The number of benzene rings is 1. The number of nitrogens with zero attached hydrogens (tertiary/aromatic N) is 3. The van der Waals surface area contributed by atoms with Crippen LogP contribution in [-0.2, 0) is 17.6 Å². The Kier molecular flexibility index (Phi) is 5.07. The highest BCUT2D eigenvalue weighted by molar-refractivity contribution is 5.78. The van der Waals surface area contributed by atoms with Crippen molar-refractivity contribution in [3.05, 3.63) is 53.0 Å². The van der Waals surface area contributed by atoms with Gasteiger partial charge in [0.25, 0.3) is 0 Å². The van der Waals surface area contributed by atoms with E-state index in [0.717, 1.165) is 52.3 Å². The Morgan fingerprint density at radius 3 is 2.50 bits per heavy atom. The Hall–Kier alpha value is -2.69. The molecule has 0 radical (unpaired) electrons. The molecule has 1 atom stereocenters. The number of aryl methyl sites for hydroxylation is 4. The van der Waals surface area contributed by atoms with E-state index in [4.69, 9.17) is 15.1 Å². The number of carbonyl (C=O) groups is 1. The fourth-order valence-corrected chi connectivity index (χ4v) is 3.23. The van der Waals surface area contributed by atoms with E-state index in [1.54, 1.807) is 6.92 Å². The van der Waals surface area contributed by atoms with Crippen LogP contribution in [-0.4, -0.2) is 25.6 Å². The summed E-state index contributed by atoms with van der Waals surface area (Å²) in [6, 6.07) is 10.3. The van der Waals surface area contributed by atoms with Crippen LogP contribution < -0.4 is 0 Å². The van der Waals surface area contributed by atoms with E-state index < -0.39 is 5.97 Å². The van der Waals surface area contributed by atoms with Gasteiger partial charge in [-0.1, -0.05) is 26.0 Å². The average molecular weight is 351 g/mol. The Morgan fingerprint density at radius 1 is 1.19 bits per heavy atom. The molecule has 3 rings (SSSR count). The molecule has 5 nitrogen and oxygen atoms in total. The van der Waals surface area contributed by atoms with Gasteiger partial charge in [-0.2, -0.15) is 0 Å². The molecule has 0 fully saturated rings. The van der Waals surface area contributed by atoms with Crippen LogP contribution in [0.1, 0.15) is 42.9 Å². The molecule has 0 saturated carbocycles.